The summed E-state index contributed by atoms with van der Waals surface area (Å²) >= 11 is 15.4. The summed E-state index contributed by atoms with van der Waals surface area (Å²) in [6.45, 7) is 6.32. The Morgan fingerprint density at radius 3 is 2.52 bits per heavy atom. The summed E-state index contributed by atoms with van der Waals surface area (Å²) in [7, 11) is 0. The second kappa shape index (κ2) is 8.04. The first kappa shape index (κ1) is 19.9. The van der Waals surface area contributed by atoms with E-state index in [1.54, 1.807) is 16.9 Å². The summed E-state index contributed by atoms with van der Waals surface area (Å²) in [4.78, 5) is 12.4. The summed E-state index contributed by atoms with van der Waals surface area (Å²) in [6.07, 6.45) is 1.78. The standard InChI is InChI=1S/C18H18BrCl2N5O/c1-10-14(19)8-25(23-10)9-17(27)22-18-11(2)24-26(12(18)3)7-13-4-5-15(20)16(21)6-13/h4-6,8H,7,9H2,1-3H3,(H,22,27). The zero-order valence-electron chi connectivity index (χ0n) is 15.1. The van der Waals surface area contributed by atoms with Crippen molar-refractivity contribution in [1.82, 2.24) is 19.6 Å². The van der Waals surface area contributed by atoms with E-state index in [2.05, 4.69) is 31.4 Å². The van der Waals surface area contributed by atoms with E-state index in [-0.39, 0.29) is 12.5 Å². The lowest BCUT2D eigenvalue weighted by atomic mass is 10.2. The fraction of sp³-hybridized carbons (Fsp3) is 0.278. The minimum absolute atomic E-state index is 0.128. The molecule has 0 radical (unpaired) electrons. The maximum atomic E-state index is 12.4. The Labute approximate surface area is 175 Å². The van der Waals surface area contributed by atoms with Gasteiger partial charge in [0, 0.05) is 6.20 Å². The fourth-order valence-electron chi connectivity index (χ4n) is 2.74. The Balaban J connectivity index is 1.74. The smallest absolute Gasteiger partial charge is 0.246 e. The molecule has 1 N–H and O–H groups in total. The zero-order valence-corrected chi connectivity index (χ0v) is 18.2. The number of rotatable bonds is 5. The number of carbonyl (C=O) groups is 1. The van der Waals surface area contributed by atoms with E-state index in [0.717, 1.165) is 27.1 Å². The Hall–Kier alpha value is -1.83. The van der Waals surface area contributed by atoms with Crippen LogP contribution in [0, 0.1) is 20.8 Å². The van der Waals surface area contributed by atoms with Crippen molar-refractivity contribution in [2.24, 2.45) is 0 Å². The van der Waals surface area contributed by atoms with Gasteiger partial charge in [-0.25, -0.2) is 0 Å². The molecule has 0 spiro atoms. The van der Waals surface area contributed by atoms with Crippen LogP contribution in [0.15, 0.2) is 28.9 Å². The first-order chi connectivity index (χ1) is 12.7. The lowest BCUT2D eigenvalue weighted by molar-refractivity contribution is -0.116. The molecule has 2 heterocycles. The van der Waals surface area contributed by atoms with Crippen molar-refractivity contribution in [3.8, 4) is 0 Å². The molecule has 0 saturated carbocycles. The number of hydrogen-bond donors (Lipinski definition) is 1. The second-order valence-electron chi connectivity index (χ2n) is 6.26. The van der Waals surface area contributed by atoms with Crippen molar-refractivity contribution in [2.75, 3.05) is 5.32 Å². The fourth-order valence-corrected chi connectivity index (χ4v) is 3.38. The van der Waals surface area contributed by atoms with E-state index in [1.165, 1.54) is 0 Å². The minimum Gasteiger partial charge on any atom is -0.321 e. The van der Waals surface area contributed by atoms with Crippen molar-refractivity contribution in [3.63, 3.8) is 0 Å². The van der Waals surface area contributed by atoms with E-state index in [1.807, 2.05) is 37.6 Å². The summed E-state index contributed by atoms with van der Waals surface area (Å²) < 4.78 is 4.30. The Kier molecular flexibility index (Phi) is 5.93. The van der Waals surface area contributed by atoms with Gasteiger partial charge < -0.3 is 5.32 Å². The van der Waals surface area contributed by atoms with Crippen LogP contribution in [0.2, 0.25) is 10.0 Å². The van der Waals surface area contributed by atoms with Gasteiger partial charge in [-0.15, -0.1) is 0 Å². The molecule has 27 heavy (non-hydrogen) atoms. The number of nitrogens with zero attached hydrogens (tertiary/aromatic N) is 4. The van der Waals surface area contributed by atoms with Crippen LogP contribution in [0.5, 0.6) is 0 Å². The summed E-state index contributed by atoms with van der Waals surface area (Å²) in [5.74, 6) is -0.162. The van der Waals surface area contributed by atoms with Gasteiger partial charge in [-0.3, -0.25) is 14.2 Å². The van der Waals surface area contributed by atoms with Crippen LogP contribution < -0.4 is 5.32 Å². The minimum atomic E-state index is -0.162. The van der Waals surface area contributed by atoms with Gasteiger partial charge in [0.05, 0.1) is 43.8 Å². The number of aromatic nitrogens is 4. The molecule has 0 bridgehead atoms. The molecule has 1 amide bonds. The maximum absolute atomic E-state index is 12.4. The average Bonchev–Trinajstić information content (AvgIpc) is 3.04. The third-order valence-corrected chi connectivity index (χ3v) is 5.67. The molecule has 0 aliphatic heterocycles. The third kappa shape index (κ3) is 4.54. The Morgan fingerprint density at radius 1 is 1.15 bits per heavy atom. The topological polar surface area (TPSA) is 64.7 Å². The van der Waals surface area contributed by atoms with Crippen molar-refractivity contribution >= 4 is 50.7 Å². The Bertz CT molecular complexity index is 992. The molecule has 0 fully saturated rings. The van der Waals surface area contributed by atoms with Gasteiger partial charge in [0.25, 0.3) is 0 Å². The van der Waals surface area contributed by atoms with Crippen molar-refractivity contribution in [2.45, 2.75) is 33.9 Å². The summed E-state index contributed by atoms with van der Waals surface area (Å²) in [6, 6.07) is 5.48. The second-order valence-corrected chi connectivity index (χ2v) is 7.93. The van der Waals surface area contributed by atoms with Crippen molar-refractivity contribution in [3.05, 3.63) is 61.6 Å². The molecule has 0 aliphatic carbocycles. The monoisotopic (exact) mass is 469 g/mol. The highest BCUT2D eigenvalue weighted by Gasteiger charge is 2.15. The number of anilines is 1. The van der Waals surface area contributed by atoms with Crippen LogP contribution in [0.4, 0.5) is 5.69 Å². The van der Waals surface area contributed by atoms with Crippen LogP contribution in [0.3, 0.4) is 0 Å². The molecule has 0 atom stereocenters. The molecular weight excluding hydrogens is 453 g/mol. The molecular formula is C18H18BrCl2N5O. The lowest BCUT2D eigenvalue weighted by Gasteiger charge is -2.08. The zero-order chi connectivity index (χ0) is 19.7. The molecule has 0 saturated heterocycles. The van der Waals surface area contributed by atoms with Crippen molar-refractivity contribution in [1.29, 1.82) is 0 Å². The highest BCUT2D eigenvalue weighted by Crippen LogP contribution is 2.25. The summed E-state index contributed by atoms with van der Waals surface area (Å²) in [5, 5.41) is 12.8. The molecule has 1 aromatic carbocycles. The van der Waals surface area contributed by atoms with Crippen LogP contribution in [0.25, 0.3) is 0 Å². The predicted molar refractivity (Wildman–Crippen MR) is 111 cm³/mol. The van der Waals surface area contributed by atoms with E-state index in [4.69, 9.17) is 23.2 Å². The van der Waals surface area contributed by atoms with E-state index >= 15 is 0 Å². The van der Waals surface area contributed by atoms with Gasteiger partial charge in [0.2, 0.25) is 5.91 Å². The number of amides is 1. The Morgan fingerprint density at radius 2 is 1.89 bits per heavy atom. The first-order valence-electron chi connectivity index (χ1n) is 8.22. The predicted octanol–water partition coefficient (Wildman–Crippen LogP) is 4.76. The van der Waals surface area contributed by atoms with Crippen LogP contribution in [-0.2, 0) is 17.9 Å². The molecule has 0 unspecified atom stereocenters. The average molecular weight is 471 g/mol. The van der Waals surface area contributed by atoms with Gasteiger partial charge in [-0.2, -0.15) is 10.2 Å². The van der Waals surface area contributed by atoms with Gasteiger partial charge in [0.1, 0.15) is 6.54 Å². The molecule has 142 valence electrons. The number of hydrogen-bond acceptors (Lipinski definition) is 3. The highest BCUT2D eigenvalue weighted by molar-refractivity contribution is 9.10. The van der Waals surface area contributed by atoms with Crippen LogP contribution >= 0.6 is 39.1 Å². The van der Waals surface area contributed by atoms with Gasteiger partial charge >= 0.3 is 0 Å². The largest absolute Gasteiger partial charge is 0.321 e. The van der Waals surface area contributed by atoms with E-state index in [9.17, 15) is 4.79 Å². The van der Waals surface area contributed by atoms with Gasteiger partial charge in [-0.05, 0) is 54.4 Å². The molecule has 9 heteroatoms. The molecule has 6 nitrogen and oxygen atoms in total. The number of aryl methyl sites for hydroxylation is 2. The summed E-state index contributed by atoms with van der Waals surface area (Å²) in [5.41, 5.74) is 4.14. The van der Waals surface area contributed by atoms with Gasteiger partial charge in [0.15, 0.2) is 0 Å². The van der Waals surface area contributed by atoms with Gasteiger partial charge in [-0.1, -0.05) is 29.3 Å². The lowest BCUT2D eigenvalue weighted by Crippen LogP contribution is -2.20. The normalized spacial score (nSPS) is 11.0. The maximum Gasteiger partial charge on any atom is 0.246 e. The molecule has 2 aromatic heterocycles. The molecule has 0 aliphatic rings. The highest BCUT2D eigenvalue weighted by atomic mass is 79.9. The number of benzene rings is 1. The van der Waals surface area contributed by atoms with E-state index in [0.29, 0.717) is 22.3 Å². The third-order valence-electron chi connectivity index (χ3n) is 4.15. The van der Waals surface area contributed by atoms with E-state index < -0.39 is 0 Å². The number of halogens is 3. The molecule has 3 rings (SSSR count). The van der Waals surface area contributed by atoms with Crippen molar-refractivity contribution < 1.29 is 4.79 Å². The quantitative estimate of drug-likeness (QED) is 0.584. The first-order valence-corrected chi connectivity index (χ1v) is 9.77. The SMILES string of the molecule is Cc1nn(CC(=O)Nc2c(C)nn(Cc3ccc(Cl)c(Cl)c3)c2C)cc1Br. The number of nitrogens with one attached hydrogen (secondary N) is 1. The number of carbonyl (C=O) groups excluding carboxylic acids is 1. The van der Waals surface area contributed by atoms with Crippen LogP contribution in [0.1, 0.15) is 22.6 Å². The molecule has 3 aromatic rings. The van der Waals surface area contributed by atoms with Crippen LogP contribution in [-0.4, -0.2) is 25.5 Å².